The molecule has 0 aliphatic rings. The van der Waals surface area contributed by atoms with Crippen LogP contribution in [-0.4, -0.2) is 12.3 Å². The van der Waals surface area contributed by atoms with E-state index in [9.17, 15) is 9.59 Å². The second kappa shape index (κ2) is 6.63. The van der Waals surface area contributed by atoms with Crippen molar-refractivity contribution in [1.82, 2.24) is 0 Å². The van der Waals surface area contributed by atoms with Gasteiger partial charge in [-0.1, -0.05) is 42.5 Å². The SMILES string of the molecule is NC(C=O)c1ccc(C(=O)OCc2ccccc2)cc1. The third kappa shape index (κ3) is 3.52. The number of benzene rings is 2. The van der Waals surface area contributed by atoms with E-state index >= 15 is 0 Å². The van der Waals surface area contributed by atoms with Crippen LogP contribution in [0.3, 0.4) is 0 Å². The highest BCUT2D eigenvalue weighted by Gasteiger charge is 2.09. The lowest BCUT2D eigenvalue weighted by Crippen LogP contribution is -2.12. The summed E-state index contributed by atoms with van der Waals surface area (Å²) in [5.74, 6) is -0.403. The number of hydrogen-bond donors (Lipinski definition) is 1. The Bertz CT molecular complexity index is 578. The van der Waals surface area contributed by atoms with Crippen molar-refractivity contribution in [3.63, 3.8) is 0 Å². The molecule has 1 unspecified atom stereocenters. The molecular weight excluding hydrogens is 254 g/mol. The lowest BCUT2D eigenvalue weighted by Gasteiger charge is -2.07. The summed E-state index contributed by atoms with van der Waals surface area (Å²) in [6.07, 6.45) is 0.655. The van der Waals surface area contributed by atoms with Gasteiger partial charge in [-0.25, -0.2) is 4.79 Å². The van der Waals surface area contributed by atoms with Crippen LogP contribution in [0.25, 0.3) is 0 Å². The van der Waals surface area contributed by atoms with Gasteiger partial charge in [-0.05, 0) is 23.3 Å². The average molecular weight is 269 g/mol. The van der Waals surface area contributed by atoms with E-state index < -0.39 is 12.0 Å². The predicted octanol–water partition coefficient (Wildman–Crippen LogP) is 2.24. The summed E-state index contributed by atoms with van der Waals surface area (Å²) in [4.78, 5) is 22.4. The molecule has 0 saturated carbocycles. The Labute approximate surface area is 117 Å². The molecule has 4 heteroatoms. The van der Waals surface area contributed by atoms with Gasteiger partial charge in [0.05, 0.1) is 11.6 Å². The molecule has 0 radical (unpaired) electrons. The van der Waals surface area contributed by atoms with Crippen molar-refractivity contribution < 1.29 is 14.3 Å². The van der Waals surface area contributed by atoms with Gasteiger partial charge in [-0.3, -0.25) is 0 Å². The molecule has 102 valence electrons. The van der Waals surface area contributed by atoms with Gasteiger partial charge in [0.15, 0.2) is 0 Å². The van der Waals surface area contributed by atoms with E-state index in [1.54, 1.807) is 24.3 Å². The molecule has 0 saturated heterocycles. The van der Waals surface area contributed by atoms with Gasteiger partial charge in [0, 0.05) is 0 Å². The topological polar surface area (TPSA) is 69.4 Å². The van der Waals surface area contributed by atoms with Gasteiger partial charge in [-0.2, -0.15) is 0 Å². The zero-order chi connectivity index (χ0) is 14.4. The summed E-state index contributed by atoms with van der Waals surface area (Å²) in [5.41, 5.74) is 7.60. The van der Waals surface area contributed by atoms with E-state index in [2.05, 4.69) is 0 Å². The van der Waals surface area contributed by atoms with E-state index in [0.29, 0.717) is 17.4 Å². The molecule has 2 N–H and O–H groups in total. The van der Waals surface area contributed by atoms with E-state index in [1.807, 2.05) is 30.3 Å². The Morgan fingerprint density at radius 2 is 1.75 bits per heavy atom. The summed E-state index contributed by atoms with van der Waals surface area (Å²) in [5, 5.41) is 0. The van der Waals surface area contributed by atoms with Crippen LogP contribution >= 0.6 is 0 Å². The van der Waals surface area contributed by atoms with Crippen LogP contribution in [0, 0.1) is 0 Å². The highest BCUT2D eigenvalue weighted by Crippen LogP contribution is 2.11. The minimum atomic E-state index is -0.663. The number of hydrogen-bond acceptors (Lipinski definition) is 4. The molecule has 4 nitrogen and oxygen atoms in total. The number of carbonyl (C=O) groups is 2. The van der Waals surface area contributed by atoms with Crippen molar-refractivity contribution in [2.45, 2.75) is 12.6 Å². The van der Waals surface area contributed by atoms with E-state index in [4.69, 9.17) is 10.5 Å². The van der Waals surface area contributed by atoms with Crippen molar-refractivity contribution in [1.29, 1.82) is 0 Å². The highest BCUT2D eigenvalue weighted by molar-refractivity contribution is 5.89. The van der Waals surface area contributed by atoms with Gasteiger partial charge < -0.3 is 15.3 Å². The summed E-state index contributed by atoms with van der Waals surface area (Å²) < 4.78 is 5.20. The van der Waals surface area contributed by atoms with Gasteiger partial charge in [0.1, 0.15) is 12.9 Å². The second-order valence-electron chi connectivity index (χ2n) is 4.35. The fraction of sp³-hybridized carbons (Fsp3) is 0.125. The first-order valence-corrected chi connectivity index (χ1v) is 6.22. The summed E-state index contributed by atoms with van der Waals surface area (Å²) in [6, 6.07) is 15.3. The molecule has 0 spiro atoms. The van der Waals surface area contributed by atoms with Crippen LogP contribution in [0.1, 0.15) is 27.5 Å². The molecule has 0 aliphatic heterocycles. The van der Waals surface area contributed by atoms with Crippen molar-refractivity contribution in [2.24, 2.45) is 5.73 Å². The standard InChI is InChI=1S/C16H15NO3/c17-15(10-18)13-6-8-14(9-7-13)16(19)20-11-12-4-2-1-3-5-12/h1-10,15H,11,17H2. The number of esters is 1. The third-order valence-electron chi connectivity index (χ3n) is 2.89. The first-order chi connectivity index (χ1) is 9.70. The Hall–Kier alpha value is -2.46. The highest BCUT2D eigenvalue weighted by atomic mass is 16.5. The number of nitrogens with two attached hydrogens (primary N) is 1. The maximum Gasteiger partial charge on any atom is 0.338 e. The van der Waals surface area contributed by atoms with Crippen molar-refractivity contribution in [3.05, 3.63) is 71.3 Å². The summed E-state index contributed by atoms with van der Waals surface area (Å²) in [6.45, 7) is 0.231. The fourth-order valence-electron chi connectivity index (χ4n) is 1.73. The van der Waals surface area contributed by atoms with Crippen LogP contribution in [0.4, 0.5) is 0 Å². The normalized spacial score (nSPS) is 11.7. The van der Waals surface area contributed by atoms with Gasteiger partial charge in [0.25, 0.3) is 0 Å². The first kappa shape index (κ1) is 14.0. The van der Waals surface area contributed by atoms with E-state index in [1.165, 1.54) is 0 Å². The van der Waals surface area contributed by atoms with Crippen LogP contribution in [0.2, 0.25) is 0 Å². The maximum atomic E-state index is 11.8. The van der Waals surface area contributed by atoms with Gasteiger partial charge in [0.2, 0.25) is 0 Å². The predicted molar refractivity (Wildman–Crippen MR) is 75.0 cm³/mol. The summed E-state index contributed by atoms with van der Waals surface area (Å²) in [7, 11) is 0. The summed E-state index contributed by atoms with van der Waals surface area (Å²) >= 11 is 0. The number of ether oxygens (including phenoxy) is 1. The van der Waals surface area contributed by atoms with Crippen molar-refractivity contribution in [3.8, 4) is 0 Å². The molecule has 2 aromatic rings. The van der Waals surface area contributed by atoms with Crippen LogP contribution < -0.4 is 5.73 Å². The Morgan fingerprint density at radius 1 is 1.10 bits per heavy atom. The molecule has 1 atom stereocenters. The lowest BCUT2D eigenvalue weighted by atomic mass is 10.1. The Morgan fingerprint density at radius 3 is 2.35 bits per heavy atom. The van der Waals surface area contributed by atoms with E-state index in [0.717, 1.165) is 5.56 Å². The molecule has 0 aliphatic carbocycles. The smallest absolute Gasteiger partial charge is 0.338 e. The molecular formula is C16H15NO3. The lowest BCUT2D eigenvalue weighted by molar-refractivity contribution is -0.109. The van der Waals surface area contributed by atoms with Crippen LogP contribution in [0.5, 0.6) is 0 Å². The zero-order valence-corrected chi connectivity index (χ0v) is 10.9. The molecule has 20 heavy (non-hydrogen) atoms. The van der Waals surface area contributed by atoms with Crippen LogP contribution in [0.15, 0.2) is 54.6 Å². The number of aldehydes is 1. The fourth-order valence-corrected chi connectivity index (χ4v) is 1.73. The Kier molecular flexibility index (Phi) is 4.63. The quantitative estimate of drug-likeness (QED) is 0.667. The average Bonchev–Trinajstić information content (AvgIpc) is 2.53. The third-order valence-corrected chi connectivity index (χ3v) is 2.89. The van der Waals surface area contributed by atoms with E-state index in [-0.39, 0.29) is 6.61 Å². The van der Waals surface area contributed by atoms with Gasteiger partial charge >= 0.3 is 5.97 Å². The first-order valence-electron chi connectivity index (χ1n) is 6.22. The molecule has 0 heterocycles. The largest absolute Gasteiger partial charge is 0.457 e. The second-order valence-corrected chi connectivity index (χ2v) is 4.35. The van der Waals surface area contributed by atoms with Crippen molar-refractivity contribution in [2.75, 3.05) is 0 Å². The monoisotopic (exact) mass is 269 g/mol. The molecule has 2 rings (SSSR count). The minimum Gasteiger partial charge on any atom is -0.457 e. The molecule has 0 bridgehead atoms. The zero-order valence-electron chi connectivity index (χ0n) is 10.9. The maximum absolute atomic E-state index is 11.8. The van der Waals surface area contributed by atoms with Crippen molar-refractivity contribution >= 4 is 12.3 Å². The Balaban J connectivity index is 1.97. The van der Waals surface area contributed by atoms with Crippen LogP contribution in [-0.2, 0) is 16.1 Å². The molecule has 0 aromatic heterocycles. The minimum absolute atomic E-state index is 0.231. The number of rotatable bonds is 5. The molecule has 0 amide bonds. The molecule has 2 aromatic carbocycles. The van der Waals surface area contributed by atoms with Gasteiger partial charge in [-0.15, -0.1) is 0 Å². The molecule has 0 fully saturated rings. The number of carbonyl (C=O) groups excluding carboxylic acids is 2.